The molecule has 0 atom stereocenters. The zero-order chi connectivity index (χ0) is 19.2. The zero-order valence-corrected chi connectivity index (χ0v) is 16.8. The van der Waals surface area contributed by atoms with E-state index in [0.717, 1.165) is 14.2 Å². The third-order valence-electron chi connectivity index (χ3n) is 3.64. The Kier molecular flexibility index (Phi) is 6.16. The van der Waals surface area contributed by atoms with Crippen LogP contribution >= 0.6 is 27.3 Å². The van der Waals surface area contributed by atoms with Gasteiger partial charge in [-0.25, -0.2) is 5.43 Å². The lowest BCUT2D eigenvalue weighted by Crippen LogP contribution is -2.17. The molecule has 27 heavy (non-hydrogen) atoms. The van der Waals surface area contributed by atoms with Gasteiger partial charge < -0.3 is 5.32 Å². The van der Waals surface area contributed by atoms with Gasteiger partial charge in [0.15, 0.2) is 0 Å². The number of anilines is 1. The molecule has 1 aromatic heterocycles. The number of hydrogen-bond donors (Lipinski definition) is 2. The summed E-state index contributed by atoms with van der Waals surface area (Å²) in [5, 5.41) is 6.76. The second-order valence-corrected chi connectivity index (χ2v) is 8.24. The van der Waals surface area contributed by atoms with Gasteiger partial charge in [-0.05, 0) is 71.4 Å². The summed E-state index contributed by atoms with van der Waals surface area (Å²) < 4.78 is 0.999. The Morgan fingerprint density at radius 1 is 1.00 bits per heavy atom. The van der Waals surface area contributed by atoms with Crippen molar-refractivity contribution in [3.8, 4) is 0 Å². The van der Waals surface area contributed by atoms with Gasteiger partial charge in [-0.2, -0.15) is 5.10 Å². The number of carbonyl (C=O) groups excluding carboxylic acids is 2. The van der Waals surface area contributed by atoms with E-state index in [2.05, 4.69) is 31.8 Å². The molecule has 7 heteroatoms. The third-order valence-corrected chi connectivity index (χ3v) is 5.20. The summed E-state index contributed by atoms with van der Waals surface area (Å²) in [6.07, 6.45) is 1.59. The van der Waals surface area contributed by atoms with Gasteiger partial charge in [-0.1, -0.05) is 17.7 Å². The molecule has 3 rings (SSSR count). The number of nitrogens with zero attached hydrogens (tertiary/aromatic N) is 1. The molecule has 0 spiro atoms. The van der Waals surface area contributed by atoms with Gasteiger partial charge in [-0.3, -0.25) is 9.59 Å². The summed E-state index contributed by atoms with van der Waals surface area (Å²) in [4.78, 5) is 25.3. The van der Waals surface area contributed by atoms with Crippen molar-refractivity contribution in [2.75, 3.05) is 5.32 Å². The highest BCUT2D eigenvalue weighted by Gasteiger charge is 2.08. The smallest absolute Gasteiger partial charge is 0.271 e. The lowest BCUT2D eigenvalue weighted by atomic mass is 10.1. The number of rotatable bonds is 5. The number of hydrazone groups is 1. The Morgan fingerprint density at radius 2 is 1.78 bits per heavy atom. The van der Waals surface area contributed by atoms with E-state index >= 15 is 0 Å². The molecule has 2 N–H and O–H groups in total. The standard InChI is InChI=1S/C20H16BrN3O2S/c1-13-3-2-4-15(11-13)19(25)23-16-7-5-14(6-8-16)20(26)24-22-12-17-9-10-18(21)27-17/h2-12H,1H3,(H,23,25)(H,24,26)/b22-12+. The first-order chi connectivity index (χ1) is 13.0. The van der Waals surface area contributed by atoms with Gasteiger partial charge in [-0.15, -0.1) is 11.3 Å². The van der Waals surface area contributed by atoms with E-state index in [1.807, 2.05) is 37.3 Å². The van der Waals surface area contributed by atoms with Crippen molar-refractivity contribution in [3.63, 3.8) is 0 Å². The van der Waals surface area contributed by atoms with E-state index in [9.17, 15) is 9.59 Å². The SMILES string of the molecule is Cc1cccc(C(=O)Nc2ccc(C(=O)N/N=C/c3ccc(Br)s3)cc2)c1. The largest absolute Gasteiger partial charge is 0.322 e. The highest BCUT2D eigenvalue weighted by atomic mass is 79.9. The summed E-state index contributed by atoms with van der Waals surface area (Å²) in [7, 11) is 0. The van der Waals surface area contributed by atoms with Crippen molar-refractivity contribution < 1.29 is 9.59 Å². The van der Waals surface area contributed by atoms with Crippen LogP contribution in [0.25, 0.3) is 0 Å². The lowest BCUT2D eigenvalue weighted by Gasteiger charge is -2.07. The van der Waals surface area contributed by atoms with Gasteiger partial charge in [0.2, 0.25) is 0 Å². The van der Waals surface area contributed by atoms with Crippen LogP contribution < -0.4 is 10.7 Å². The molecule has 5 nitrogen and oxygen atoms in total. The number of hydrogen-bond acceptors (Lipinski definition) is 4. The van der Waals surface area contributed by atoms with Crippen LogP contribution in [0.15, 0.2) is 69.6 Å². The molecule has 0 radical (unpaired) electrons. The minimum absolute atomic E-state index is 0.192. The van der Waals surface area contributed by atoms with Crippen molar-refractivity contribution in [1.82, 2.24) is 5.43 Å². The highest BCUT2D eigenvalue weighted by molar-refractivity contribution is 9.11. The first-order valence-electron chi connectivity index (χ1n) is 8.08. The van der Waals surface area contributed by atoms with Gasteiger partial charge in [0, 0.05) is 21.7 Å². The molecule has 0 aliphatic rings. The Balaban J connectivity index is 1.58. The number of nitrogens with one attached hydrogen (secondary N) is 2. The van der Waals surface area contributed by atoms with Crippen LogP contribution in [0.5, 0.6) is 0 Å². The zero-order valence-electron chi connectivity index (χ0n) is 14.4. The highest BCUT2D eigenvalue weighted by Crippen LogP contribution is 2.20. The molecule has 1 heterocycles. The fourth-order valence-electron chi connectivity index (χ4n) is 2.31. The van der Waals surface area contributed by atoms with E-state index in [-0.39, 0.29) is 11.8 Å². The van der Waals surface area contributed by atoms with Crippen molar-refractivity contribution in [3.05, 3.63) is 86.0 Å². The summed E-state index contributed by atoms with van der Waals surface area (Å²) in [6, 6.07) is 17.8. The molecule has 0 saturated heterocycles. The summed E-state index contributed by atoms with van der Waals surface area (Å²) in [5.41, 5.74) is 5.16. The molecular weight excluding hydrogens is 426 g/mol. The van der Waals surface area contributed by atoms with E-state index in [1.165, 1.54) is 11.3 Å². The van der Waals surface area contributed by atoms with Crippen molar-refractivity contribution in [2.24, 2.45) is 5.10 Å². The van der Waals surface area contributed by atoms with Crippen LogP contribution in [0.4, 0.5) is 5.69 Å². The van der Waals surface area contributed by atoms with Gasteiger partial charge >= 0.3 is 0 Å². The van der Waals surface area contributed by atoms with Crippen LogP contribution in [-0.4, -0.2) is 18.0 Å². The van der Waals surface area contributed by atoms with Crippen molar-refractivity contribution in [2.45, 2.75) is 6.92 Å². The molecule has 0 aliphatic heterocycles. The number of thiophene rings is 1. The normalized spacial score (nSPS) is 10.7. The second kappa shape index (κ2) is 8.75. The molecule has 2 amide bonds. The molecule has 0 unspecified atom stereocenters. The number of carbonyl (C=O) groups is 2. The van der Waals surface area contributed by atoms with Crippen LogP contribution in [0, 0.1) is 6.92 Å². The Labute approximate surface area is 169 Å². The first-order valence-corrected chi connectivity index (χ1v) is 9.69. The maximum absolute atomic E-state index is 12.3. The number of benzene rings is 2. The minimum atomic E-state index is -0.321. The fraction of sp³-hybridized carbons (Fsp3) is 0.0500. The van der Waals surface area contributed by atoms with E-state index < -0.39 is 0 Å². The average molecular weight is 442 g/mol. The predicted molar refractivity (Wildman–Crippen MR) is 113 cm³/mol. The predicted octanol–water partition coefficient (Wildman–Crippen LogP) is 4.84. The molecule has 136 valence electrons. The quantitative estimate of drug-likeness (QED) is 0.439. The topological polar surface area (TPSA) is 70.6 Å². The molecule has 0 aliphatic carbocycles. The van der Waals surface area contributed by atoms with Gasteiger partial charge in [0.05, 0.1) is 10.0 Å². The maximum Gasteiger partial charge on any atom is 0.271 e. The second-order valence-electron chi connectivity index (χ2n) is 5.74. The van der Waals surface area contributed by atoms with E-state index in [1.54, 1.807) is 36.5 Å². The lowest BCUT2D eigenvalue weighted by molar-refractivity contribution is 0.0954. The number of amides is 2. The van der Waals surface area contributed by atoms with Gasteiger partial charge in [0.25, 0.3) is 11.8 Å². The maximum atomic E-state index is 12.3. The van der Waals surface area contributed by atoms with Crippen molar-refractivity contribution >= 4 is 51.0 Å². The molecular formula is C20H16BrN3O2S. The average Bonchev–Trinajstić information content (AvgIpc) is 3.07. The van der Waals surface area contributed by atoms with Crippen LogP contribution in [0.1, 0.15) is 31.2 Å². The molecule has 0 bridgehead atoms. The fourth-order valence-corrected chi connectivity index (χ4v) is 3.61. The molecule has 0 fully saturated rings. The van der Waals surface area contributed by atoms with Crippen LogP contribution in [0.2, 0.25) is 0 Å². The van der Waals surface area contributed by atoms with Crippen molar-refractivity contribution in [1.29, 1.82) is 0 Å². The number of aryl methyl sites for hydroxylation is 1. The Hall–Kier alpha value is -2.77. The summed E-state index contributed by atoms with van der Waals surface area (Å²) >= 11 is 4.89. The van der Waals surface area contributed by atoms with E-state index in [4.69, 9.17) is 0 Å². The van der Waals surface area contributed by atoms with Crippen LogP contribution in [-0.2, 0) is 0 Å². The minimum Gasteiger partial charge on any atom is -0.322 e. The Bertz CT molecular complexity index is 996. The van der Waals surface area contributed by atoms with Gasteiger partial charge in [0.1, 0.15) is 0 Å². The third kappa shape index (κ3) is 5.35. The summed E-state index contributed by atoms with van der Waals surface area (Å²) in [5.74, 6) is -0.513. The van der Waals surface area contributed by atoms with E-state index in [0.29, 0.717) is 16.8 Å². The molecule has 2 aromatic carbocycles. The Morgan fingerprint density at radius 3 is 2.44 bits per heavy atom. The number of halogens is 1. The molecule has 0 saturated carbocycles. The monoisotopic (exact) mass is 441 g/mol. The first kappa shape index (κ1) is 19.0. The van der Waals surface area contributed by atoms with Crippen LogP contribution in [0.3, 0.4) is 0 Å². The summed E-state index contributed by atoms with van der Waals surface area (Å²) in [6.45, 7) is 1.93. The molecule has 3 aromatic rings.